The molecule has 0 fully saturated rings. The molecule has 1 aliphatic heterocycles. The van der Waals surface area contributed by atoms with Crippen LogP contribution < -0.4 is 9.80 Å². The highest BCUT2D eigenvalue weighted by atomic mass is 35.5. The summed E-state index contributed by atoms with van der Waals surface area (Å²) in [7, 11) is 1.61. The molecule has 1 aromatic heterocycles. The van der Waals surface area contributed by atoms with Crippen LogP contribution in [0.3, 0.4) is 0 Å². The average molecular weight is 339 g/mol. The normalized spacial score (nSPS) is 17.4. The van der Waals surface area contributed by atoms with E-state index in [2.05, 4.69) is 9.97 Å². The van der Waals surface area contributed by atoms with Gasteiger partial charge >= 0.3 is 0 Å². The first-order chi connectivity index (χ1) is 10.9. The van der Waals surface area contributed by atoms with Gasteiger partial charge in [-0.1, -0.05) is 6.92 Å². The van der Waals surface area contributed by atoms with E-state index in [9.17, 15) is 13.6 Å². The van der Waals surface area contributed by atoms with Crippen molar-refractivity contribution in [2.45, 2.75) is 19.4 Å². The number of hydrogen-bond acceptors (Lipinski definition) is 4. The van der Waals surface area contributed by atoms with Crippen LogP contribution in [0.25, 0.3) is 0 Å². The van der Waals surface area contributed by atoms with Gasteiger partial charge in [-0.2, -0.15) is 4.98 Å². The minimum Gasteiger partial charge on any atom is -0.312 e. The van der Waals surface area contributed by atoms with Crippen LogP contribution >= 0.6 is 11.6 Å². The Hall–Kier alpha value is -2.28. The third-order valence-corrected chi connectivity index (χ3v) is 3.99. The van der Waals surface area contributed by atoms with Crippen molar-refractivity contribution in [1.82, 2.24) is 9.97 Å². The number of aromatic nitrogens is 2. The van der Waals surface area contributed by atoms with Crippen molar-refractivity contribution in [3.63, 3.8) is 0 Å². The number of amides is 1. The van der Waals surface area contributed by atoms with Crippen LogP contribution in [0.15, 0.2) is 24.4 Å². The SMILES string of the molecule is CCC1C(=O)N(C)c2cnc(Cl)nc2N1c1ccc(F)c(F)c1. The summed E-state index contributed by atoms with van der Waals surface area (Å²) in [5, 5.41) is 0.00827. The molecule has 0 saturated carbocycles. The monoisotopic (exact) mass is 338 g/mol. The lowest BCUT2D eigenvalue weighted by molar-refractivity contribution is -0.119. The van der Waals surface area contributed by atoms with Crippen molar-refractivity contribution in [2.24, 2.45) is 0 Å². The third kappa shape index (κ3) is 2.50. The van der Waals surface area contributed by atoms with E-state index in [1.54, 1.807) is 11.9 Å². The Morgan fingerprint density at radius 1 is 1.30 bits per heavy atom. The van der Waals surface area contributed by atoms with Gasteiger partial charge in [-0.3, -0.25) is 4.79 Å². The fraction of sp³-hybridized carbons (Fsp3) is 0.267. The molecule has 23 heavy (non-hydrogen) atoms. The quantitative estimate of drug-likeness (QED) is 0.788. The number of likely N-dealkylation sites (N-methyl/N-ethyl adjacent to an activating group) is 1. The molecule has 0 aliphatic carbocycles. The van der Waals surface area contributed by atoms with Gasteiger partial charge in [0.15, 0.2) is 17.5 Å². The number of halogens is 3. The van der Waals surface area contributed by atoms with Gasteiger partial charge in [-0.15, -0.1) is 0 Å². The smallest absolute Gasteiger partial charge is 0.250 e. The average Bonchev–Trinajstić information content (AvgIpc) is 2.53. The molecule has 0 saturated heterocycles. The maximum atomic E-state index is 13.6. The molecule has 1 amide bonds. The number of benzene rings is 1. The zero-order valence-corrected chi connectivity index (χ0v) is 13.2. The summed E-state index contributed by atoms with van der Waals surface area (Å²) in [6.45, 7) is 1.83. The van der Waals surface area contributed by atoms with Crippen molar-refractivity contribution >= 4 is 34.7 Å². The summed E-state index contributed by atoms with van der Waals surface area (Å²) in [5.74, 6) is -1.76. The van der Waals surface area contributed by atoms with E-state index in [1.165, 1.54) is 17.2 Å². The molecule has 0 bridgehead atoms. The van der Waals surface area contributed by atoms with E-state index in [4.69, 9.17) is 11.6 Å². The summed E-state index contributed by atoms with van der Waals surface area (Å²) in [4.78, 5) is 23.6. The maximum absolute atomic E-state index is 13.6. The van der Waals surface area contributed by atoms with Crippen LogP contribution in [-0.4, -0.2) is 29.0 Å². The molecule has 2 aromatic rings. The molecule has 2 heterocycles. The third-order valence-electron chi connectivity index (χ3n) is 3.81. The predicted octanol–water partition coefficient (Wildman–Crippen LogP) is 3.30. The summed E-state index contributed by atoms with van der Waals surface area (Å²) in [5.41, 5.74) is 0.780. The number of carbonyl (C=O) groups excluding carboxylic acids is 1. The summed E-state index contributed by atoms with van der Waals surface area (Å²) in [6.07, 6.45) is 1.89. The fourth-order valence-corrected chi connectivity index (χ4v) is 2.78. The van der Waals surface area contributed by atoms with Crippen molar-refractivity contribution in [3.05, 3.63) is 41.3 Å². The van der Waals surface area contributed by atoms with Gasteiger partial charge in [-0.25, -0.2) is 13.8 Å². The first-order valence-electron chi connectivity index (χ1n) is 6.98. The maximum Gasteiger partial charge on any atom is 0.250 e. The molecule has 0 spiro atoms. The molecule has 120 valence electrons. The molecule has 3 rings (SSSR count). The lowest BCUT2D eigenvalue weighted by Gasteiger charge is -2.40. The summed E-state index contributed by atoms with van der Waals surface area (Å²) in [6, 6.07) is 2.86. The number of fused-ring (bicyclic) bond motifs is 1. The number of anilines is 3. The first kappa shape index (κ1) is 15.6. The Morgan fingerprint density at radius 3 is 2.70 bits per heavy atom. The van der Waals surface area contributed by atoms with Gasteiger partial charge in [0.2, 0.25) is 11.2 Å². The van der Waals surface area contributed by atoms with Crippen LogP contribution in [0, 0.1) is 11.6 Å². The van der Waals surface area contributed by atoms with Gasteiger partial charge in [0.25, 0.3) is 0 Å². The lowest BCUT2D eigenvalue weighted by Crippen LogP contribution is -2.50. The van der Waals surface area contributed by atoms with Crippen molar-refractivity contribution in [1.29, 1.82) is 0 Å². The molecule has 0 radical (unpaired) electrons. The first-order valence-corrected chi connectivity index (χ1v) is 7.36. The van der Waals surface area contributed by atoms with Crippen molar-refractivity contribution in [2.75, 3.05) is 16.8 Å². The second-order valence-corrected chi connectivity index (χ2v) is 5.48. The number of carbonyl (C=O) groups is 1. The minimum atomic E-state index is -0.995. The van der Waals surface area contributed by atoms with Crippen LogP contribution in [-0.2, 0) is 4.79 Å². The fourth-order valence-electron chi connectivity index (χ4n) is 2.65. The zero-order valence-electron chi connectivity index (χ0n) is 12.4. The van der Waals surface area contributed by atoms with Crippen LogP contribution in [0.5, 0.6) is 0 Å². The van der Waals surface area contributed by atoms with E-state index >= 15 is 0 Å². The van der Waals surface area contributed by atoms with Gasteiger partial charge in [0, 0.05) is 18.8 Å². The van der Waals surface area contributed by atoms with E-state index in [0.717, 1.165) is 12.1 Å². The molecule has 1 atom stereocenters. The van der Waals surface area contributed by atoms with Gasteiger partial charge in [-0.05, 0) is 30.2 Å². The largest absolute Gasteiger partial charge is 0.312 e. The molecule has 8 heteroatoms. The summed E-state index contributed by atoms with van der Waals surface area (Å²) >= 11 is 5.87. The molecule has 0 N–H and O–H groups in total. The van der Waals surface area contributed by atoms with Gasteiger partial charge in [0.1, 0.15) is 11.7 Å². The van der Waals surface area contributed by atoms with Gasteiger partial charge < -0.3 is 9.80 Å². The Balaban J connectivity index is 2.23. The van der Waals surface area contributed by atoms with Crippen LogP contribution in [0.1, 0.15) is 13.3 Å². The van der Waals surface area contributed by atoms with E-state index < -0.39 is 17.7 Å². The Labute approximate surface area is 136 Å². The second kappa shape index (κ2) is 5.73. The van der Waals surface area contributed by atoms with Gasteiger partial charge in [0.05, 0.1) is 6.20 Å². The van der Waals surface area contributed by atoms with Crippen molar-refractivity contribution < 1.29 is 13.6 Å². The van der Waals surface area contributed by atoms with Crippen molar-refractivity contribution in [3.8, 4) is 0 Å². The summed E-state index contributed by atoms with van der Waals surface area (Å²) < 4.78 is 26.9. The van der Waals surface area contributed by atoms with Crippen LogP contribution in [0.4, 0.5) is 26.0 Å². The van der Waals surface area contributed by atoms with E-state index in [-0.39, 0.29) is 11.2 Å². The van der Waals surface area contributed by atoms with E-state index in [1.807, 2.05) is 6.92 Å². The molecule has 5 nitrogen and oxygen atoms in total. The highest BCUT2D eigenvalue weighted by molar-refractivity contribution is 6.28. The minimum absolute atomic E-state index is 0.00827. The van der Waals surface area contributed by atoms with E-state index in [0.29, 0.717) is 23.6 Å². The topological polar surface area (TPSA) is 49.3 Å². The predicted molar refractivity (Wildman–Crippen MR) is 83.0 cm³/mol. The highest BCUT2D eigenvalue weighted by Crippen LogP contribution is 2.39. The number of rotatable bonds is 2. The zero-order chi connectivity index (χ0) is 16.7. The molecule has 1 aliphatic rings. The second-order valence-electron chi connectivity index (χ2n) is 5.14. The molecule has 1 unspecified atom stereocenters. The number of nitrogens with zero attached hydrogens (tertiary/aromatic N) is 4. The highest BCUT2D eigenvalue weighted by Gasteiger charge is 2.38. The molecule has 1 aromatic carbocycles. The molecular weight excluding hydrogens is 326 g/mol. The standard InChI is InChI=1S/C15H13ClF2N4O/c1-3-11-14(23)21(2)12-7-19-15(16)20-13(12)22(11)8-4-5-9(17)10(18)6-8/h4-7,11H,3H2,1-2H3. The lowest BCUT2D eigenvalue weighted by atomic mass is 10.1. The number of hydrogen-bond donors (Lipinski definition) is 0. The Bertz CT molecular complexity index is 786. The molecular formula is C15H13ClF2N4O. The Morgan fingerprint density at radius 2 is 2.04 bits per heavy atom. The van der Waals surface area contributed by atoms with Crippen LogP contribution in [0.2, 0.25) is 5.28 Å². The Kier molecular flexibility index (Phi) is 3.89.